The molecule has 186 valence electrons. The minimum Gasteiger partial charge on any atom is -0.394 e. The summed E-state index contributed by atoms with van der Waals surface area (Å²) < 4.78 is 15.4. The van der Waals surface area contributed by atoms with E-state index in [2.05, 4.69) is 0 Å². The number of ether oxygens (including phenoxy) is 3. The maximum Gasteiger partial charge on any atom is 0.224 e. The molecular weight excluding hydrogens is 420 g/mol. The molecule has 2 heterocycles. The lowest BCUT2D eigenvalue weighted by atomic mass is 9.99. The Bertz CT molecular complexity index is 483. The van der Waals surface area contributed by atoms with E-state index in [-0.39, 0.29) is 0 Å². The average Bonchev–Trinajstić information content (AvgIpc) is 3.02. The fraction of sp³-hybridized carbons (Fsp3) is 1.00. The molecule has 0 saturated carbocycles. The molecule has 0 aromatic heterocycles. The van der Waals surface area contributed by atoms with Gasteiger partial charge in [-0.3, -0.25) is 0 Å². The van der Waals surface area contributed by atoms with Crippen LogP contribution in [0.2, 0.25) is 0 Å². The minimum absolute atomic E-state index is 0.669. The number of hydrogen-bond donors (Lipinski definition) is 10. The fourth-order valence-electron chi connectivity index (χ4n) is 3.27. The second-order valence-corrected chi connectivity index (χ2v) is 7.55. The summed E-state index contributed by atoms with van der Waals surface area (Å²) >= 11 is 0. The number of hydrogen-bond acceptors (Lipinski definition) is 13. The molecule has 13 heteroatoms. The molecule has 2 fully saturated rings. The van der Waals surface area contributed by atoms with Crippen LogP contribution in [0, 0.1) is 0 Å². The molecule has 13 nitrogen and oxygen atoms in total. The maximum atomic E-state index is 10.00. The highest BCUT2D eigenvalue weighted by atomic mass is 16.8. The van der Waals surface area contributed by atoms with Crippen molar-refractivity contribution < 1.29 is 55.1 Å². The average molecular weight is 459 g/mol. The summed E-state index contributed by atoms with van der Waals surface area (Å²) in [6.45, 7) is -0.674. The van der Waals surface area contributed by atoms with Crippen molar-refractivity contribution in [3.8, 4) is 0 Å². The molecule has 9 atom stereocenters. The predicted octanol–water partition coefficient (Wildman–Crippen LogP) is -4.93. The first-order valence-electron chi connectivity index (χ1n) is 10.4. The summed E-state index contributed by atoms with van der Waals surface area (Å²) in [6, 6.07) is 0. The molecule has 31 heavy (non-hydrogen) atoms. The van der Waals surface area contributed by atoms with Crippen LogP contribution in [-0.2, 0) is 14.2 Å². The first-order chi connectivity index (χ1) is 14.7. The predicted molar refractivity (Wildman–Crippen MR) is 105 cm³/mol. The van der Waals surface area contributed by atoms with E-state index in [1.807, 2.05) is 0 Å². The van der Waals surface area contributed by atoms with Gasteiger partial charge in [0.15, 0.2) is 6.29 Å². The van der Waals surface area contributed by atoms with Gasteiger partial charge in [0.05, 0.1) is 13.2 Å². The molecule has 0 aromatic rings. The Kier molecular flexibility index (Phi) is 12.8. The molecule has 0 unspecified atom stereocenters. The largest absolute Gasteiger partial charge is 0.394 e. The van der Waals surface area contributed by atoms with Crippen LogP contribution in [0.15, 0.2) is 0 Å². The molecule has 12 N–H and O–H groups in total. The van der Waals surface area contributed by atoms with Gasteiger partial charge in [-0.1, -0.05) is 12.8 Å². The van der Waals surface area contributed by atoms with Gasteiger partial charge in [-0.2, -0.15) is 0 Å². The van der Waals surface area contributed by atoms with Gasteiger partial charge in [-0.25, -0.2) is 0 Å². The molecule has 2 aliphatic heterocycles. The van der Waals surface area contributed by atoms with Crippen LogP contribution < -0.4 is 11.5 Å². The molecule has 0 spiro atoms. The third-order valence-corrected chi connectivity index (χ3v) is 5.23. The van der Waals surface area contributed by atoms with Crippen LogP contribution in [0.1, 0.15) is 25.7 Å². The van der Waals surface area contributed by atoms with Crippen LogP contribution in [0.5, 0.6) is 0 Å². The van der Waals surface area contributed by atoms with Crippen molar-refractivity contribution in [1.29, 1.82) is 0 Å². The molecule has 0 bridgehead atoms. The Hall–Kier alpha value is -0.520. The van der Waals surface area contributed by atoms with E-state index in [1.165, 1.54) is 12.8 Å². The Morgan fingerprint density at radius 3 is 1.68 bits per heavy atom. The quantitative estimate of drug-likeness (QED) is 0.138. The monoisotopic (exact) mass is 458 g/mol. The van der Waals surface area contributed by atoms with Gasteiger partial charge >= 0.3 is 0 Å². The molecule has 0 radical (unpaired) electrons. The zero-order valence-electron chi connectivity index (χ0n) is 17.4. The van der Waals surface area contributed by atoms with Crippen molar-refractivity contribution in [2.24, 2.45) is 11.5 Å². The number of unbranched alkanes of at least 4 members (excludes halogenated alkanes) is 3. The van der Waals surface area contributed by atoms with Crippen LogP contribution in [-0.4, -0.2) is 129 Å². The summed E-state index contributed by atoms with van der Waals surface area (Å²) in [5.74, 6) is -2.22. The van der Waals surface area contributed by atoms with Gasteiger partial charge in [-0.05, 0) is 25.9 Å². The van der Waals surface area contributed by atoms with Crippen molar-refractivity contribution in [3.05, 3.63) is 0 Å². The topological polar surface area (TPSA) is 242 Å². The summed E-state index contributed by atoms with van der Waals surface area (Å²) in [7, 11) is 0. The minimum atomic E-state index is -2.22. The van der Waals surface area contributed by atoms with Gasteiger partial charge < -0.3 is 66.5 Å². The zero-order valence-corrected chi connectivity index (χ0v) is 17.4. The zero-order chi connectivity index (χ0) is 23.6. The lowest BCUT2D eigenvalue weighted by Gasteiger charge is -2.43. The first-order valence-corrected chi connectivity index (χ1v) is 10.4. The highest BCUT2D eigenvalue weighted by Crippen LogP contribution is 2.35. The molecule has 2 saturated heterocycles. The van der Waals surface area contributed by atoms with Crippen LogP contribution >= 0.6 is 0 Å². The number of aliphatic hydroxyl groups is 8. The Morgan fingerprint density at radius 1 is 0.710 bits per heavy atom. The van der Waals surface area contributed by atoms with Crippen LogP contribution in [0.3, 0.4) is 0 Å². The Labute approximate surface area is 180 Å². The van der Waals surface area contributed by atoms with E-state index < -0.39 is 74.6 Å². The van der Waals surface area contributed by atoms with E-state index in [0.717, 1.165) is 25.9 Å². The number of aliphatic hydroxyl groups excluding tert-OH is 8. The molecule has 2 aliphatic rings. The Morgan fingerprint density at radius 2 is 1.26 bits per heavy atom. The van der Waals surface area contributed by atoms with Gasteiger partial charge in [0, 0.05) is 0 Å². The van der Waals surface area contributed by atoms with Crippen molar-refractivity contribution >= 4 is 0 Å². The fourth-order valence-corrected chi connectivity index (χ4v) is 3.27. The maximum absolute atomic E-state index is 10.00. The molecular formula is C18H38N2O11. The van der Waals surface area contributed by atoms with Gasteiger partial charge in [0.25, 0.3) is 0 Å². The van der Waals surface area contributed by atoms with Gasteiger partial charge in [0.1, 0.15) is 49.3 Å². The van der Waals surface area contributed by atoms with Gasteiger partial charge in [-0.15, -0.1) is 0 Å². The smallest absolute Gasteiger partial charge is 0.224 e. The number of rotatable bonds is 10. The second kappa shape index (κ2) is 13.9. The summed E-state index contributed by atoms with van der Waals surface area (Å²) in [5.41, 5.74) is 10.6. The first kappa shape index (κ1) is 28.5. The third-order valence-electron chi connectivity index (χ3n) is 5.23. The summed E-state index contributed by atoms with van der Waals surface area (Å²) in [4.78, 5) is 0. The van der Waals surface area contributed by atoms with Crippen molar-refractivity contribution in [1.82, 2.24) is 0 Å². The van der Waals surface area contributed by atoms with Crippen molar-refractivity contribution in [2.45, 2.75) is 80.5 Å². The standard InChI is InChI=1S/C12H22O11.C6H16N2/c13-1-4-6(16)8(18)9(19)11(21-4)23-12(3-15)10(20)7(17)5(2-14)22-12;7-5-3-1-2-4-6-8/h4-11,13-20H,1-3H2;1-8H2/t4-,5-,6-,7-,8+,9-,10+,11-,12+;/m1./s1. The molecule has 0 aromatic carbocycles. The lowest BCUT2D eigenvalue weighted by molar-refractivity contribution is -0.383. The van der Waals surface area contributed by atoms with E-state index in [1.54, 1.807) is 0 Å². The van der Waals surface area contributed by atoms with E-state index in [0.29, 0.717) is 0 Å². The van der Waals surface area contributed by atoms with Crippen LogP contribution in [0.4, 0.5) is 0 Å². The van der Waals surface area contributed by atoms with E-state index in [9.17, 15) is 30.6 Å². The normalized spacial score (nSPS) is 40.5. The van der Waals surface area contributed by atoms with E-state index in [4.69, 9.17) is 35.9 Å². The van der Waals surface area contributed by atoms with Crippen molar-refractivity contribution in [2.75, 3.05) is 32.9 Å². The Balaban J connectivity index is 0.000000512. The molecule has 0 amide bonds. The SMILES string of the molecule is NCCCCCCN.OC[C@H]1O[C@@](CO)(O[C@H]2O[C@H](CO)[C@@H](O)[C@H](O)[C@H]2O)[C@@H](O)[C@@H]1O. The lowest BCUT2D eigenvalue weighted by Crippen LogP contribution is -2.62. The van der Waals surface area contributed by atoms with Crippen LogP contribution in [0.25, 0.3) is 0 Å². The third kappa shape index (κ3) is 7.23. The van der Waals surface area contributed by atoms with Crippen molar-refractivity contribution in [3.63, 3.8) is 0 Å². The molecule has 0 aliphatic carbocycles. The summed E-state index contributed by atoms with van der Waals surface area (Å²) in [6.07, 6.45) is -7.86. The number of nitrogens with two attached hydrogens (primary N) is 2. The second-order valence-electron chi connectivity index (χ2n) is 7.55. The van der Waals surface area contributed by atoms with Gasteiger partial charge in [0.2, 0.25) is 5.79 Å². The van der Waals surface area contributed by atoms with E-state index >= 15 is 0 Å². The molecule has 2 rings (SSSR count). The summed E-state index contributed by atoms with van der Waals surface area (Å²) in [5, 5.41) is 76.7. The highest BCUT2D eigenvalue weighted by Gasteiger charge is 2.58. The highest BCUT2D eigenvalue weighted by molar-refractivity contribution is 4.98.